The number of aromatic hydroxyl groups is 1. The second-order valence-electron chi connectivity index (χ2n) is 15.9. The van der Waals surface area contributed by atoms with Crippen LogP contribution in [-0.4, -0.2) is 77.4 Å². The third-order valence-electron chi connectivity index (χ3n) is 12.6. The Bertz CT molecular complexity index is 1720. The molecule has 0 radical (unpaired) electrons. The van der Waals surface area contributed by atoms with Crippen molar-refractivity contribution >= 4 is 11.6 Å². The maximum absolute atomic E-state index is 14.9. The highest BCUT2D eigenvalue weighted by molar-refractivity contribution is 6.03. The normalized spacial score (nSPS) is 27.2. The van der Waals surface area contributed by atoms with Crippen LogP contribution >= 0.6 is 0 Å². The topological polar surface area (TPSA) is 140 Å². The second-order valence-corrected chi connectivity index (χ2v) is 15.9. The fourth-order valence-corrected chi connectivity index (χ4v) is 10.1. The van der Waals surface area contributed by atoms with Gasteiger partial charge in [0.15, 0.2) is 11.5 Å². The number of fused-ring (bicyclic) bond motifs is 3. The minimum Gasteiger partial charge on any atom is -0.508 e. The van der Waals surface area contributed by atoms with E-state index in [1.165, 1.54) is 12.8 Å². The molecular formula is C44H58N2O9. The Labute approximate surface area is 324 Å². The third-order valence-corrected chi connectivity index (χ3v) is 12.6. The number of rotatable bonds is 18. The lowest BCUT2D eigenvalue weighted by Gasteiger charge is -2.60. The van der Waals surface area contributed by atoms with Crippen LogP contribution in [0.4, 0.5) is 0 Å². The summed E-state index contributed by atoms with van der Waals surface area (Å²) in [5.74, 6) is 0.868. The minimum absolute atomic E-state index is 0.0224. The van der Waals surface area contributed by atoms with Gasteiger partial charge in [0.1, 0.15) is 24.7 Å². The number of unbranched alkanes of at least 4 members (excludes halogenated alkanes) is 2. The van der Waals surface area contributed by atoms with E-state index in [0.717, 1.165) is 67.4 Å². The van der Waals surface area contributed by atoms with Crippen LogP contribution in [0.1, 0.15) is 101 Å². The van der Waals surface area contributed by atoms with Gasteiger partial charge in [-0.3, -0.25) is 4.79 Å². The van der Waals surface area contributed by atoms with Crippen LogP contribution < -0.4 is 14.2 Å². The first-order chi connectivity index (χ1) is 26.9. The van der Waals surface area contributed by atoms with Crippen molar-refractivity contribution in [3.63, 3.8) is 0 Å². The van der Waals surface area contributed by atoms with Crippen molar-refractivity contribution in [2.45, 2.75) is 108 Å². The van der Waals surface area contributed by atoms with Gasteiger partial charge in [0.2, 0.25) is 18.5 Å². The van der Waals surface area contributed by atoms with Crippen molar-refractivity contribution in [3.8, 4) is 23.0 Å². The molecule has 0 aromatic heterocycles. The summed E-state index contributed by atoms with van der Waals surface area (Å²) >= 11 is 0. The van der Waals surface area contributed by atoms with E-state index in [0.29, 0.717) is 48.8 Å². The number of hydrogen-bond acceptors (Lipinski definition) is 10. The predicted octanol–water partition coefficient (Wildman–Crippen LogP) is 7.38. The number of benzene rings is 2. The largest absolute Gasteiger partial charge is 0.508 e. The molecule has 3 N–H and O–H groups in total. The molecule has 0 saturated heterocycles. The highest BCUT2D eigenvalue weighted by Crippen LogP contribution is 2.62. The number of amides is 1. The number of aliphatic hydroxyl groups excluding tert-OH is 2. The monoisotopic (exact) mass is 758 g/mol. The molecule has 1 amide bonds. The second kappa shape index (κ2) is 17.8. The van der Waals surface area contributed by atoms with Crippen molar-refractivity contribution in [1.82, 2.24) is 4.90 Å². The first kappa shape index (κ1) is 39.2. The lowest BCUT2D eigenvalue weighted by Crippen LogP contribution is -2.70. The van der Waals surface area contributed by atoms with Crippen molar-refractivity contribution in [1.29, 1.82) is 0 Å². The molecule has 5 aliphatic rings. The van der Waals surface area contributed by atoms with Gasteiger partial charge < -0.3 is 44.0 Å². The van der Waals surface area contributed by atoms with Gasteiger partial charge in [0.25, 0.3) is 0 Å². The number of phenolic OH excluding ortho intramolecular Hbond substituents is 1. The number of phenols is 1. The minimum atomic E-state index is -1.36. The zero-order valence-electron chi connectivity index (χ0n) is 32.2. The average Bonchev–Trinajstić information content (AvgIpc) is 3.90. The Morgan fingerprint density at radius 1 is 1.00 bits per heavy atom. The lowest BCUT2D eigenvalue weighted by molar-refractivity contribution is -0.258. The van der Waals surface area contributed by atoms with E-state index in [9.17, 15) is 20.1 Å². The van der Waals surface area contributed by atoms with Crippen LogP contribution in [0.2, 0.25) is 0 Å². The van der Waals surface area contributed by atoms with Crippen LogP contribution in [0.25, 0.3) is 0 Å². The summed E-state index contributed by atoms with van der Waals surface area (Å²) in [6.45, 7) is 4.88. The fourth-order valence-electron chi connectivity index (χ4n) is 10.1. The molecule has 3 aliphatic carbocycles. The molecule has 6 atom stereocenters. The first-order valence-electron chi connectivity index (χ1n) is 20.4. The first-order valence-corrected chi connectivity index (χ1v) is 20.4. The van der Waals surface area contributed by atoms with Gasteiger partial charge in [-0.25, -0.2) is 0 Å². The lowest BCUT2D eigenvalue weighted by atomic mass is 9.55. The molecule has 11 heteroatoms. The van der Waals surface area contributed by atoms with E-state index in [1.54, 1.807) is 19.3 Å². The summed E-state index contributed by atoms with van der Waals surface area (Å²) in [5.41, 5.74) is 3.50. The molecule has 2 heterocycles. The van der Waals surface area contributed by atoms with E-state index < -0.39 is 17.7 Å². The molecule has 11 nitrogen and oxygen atoms in total. The van der Waals surface area contributed by atoms with E-state index in [-0.39, 0.29) is 62.6 Å². The number of oxime groups is 1. The number of allylic oxidation sites excluding steroid dienone is 1. The summed E-state index contributed by atoms with van der Waals surface area (Å²) < 4.78 is 25.7. The van der Waals surface area contributed by atoms with Crippen molar-refractivity contribution in [3.05, 3.63) is 71.8 Å². The summed E-state index contributed by atoms with van der Waals surface area (Å²) in [4.78, 5) is 22.5. The Kier molecular flexibility index (Phi) is 12.7. The zero-order valence-corrected chi connectivity index (χ0v) is 32.2. The van der Waals surface area contributed by atoms with Gasteiger partial charge in [0.05, 0.1) is 18.2 Å². The van der Waals surface area contributed by atoms with Crippen molar-refractivity contribution in [2.75, 3.05) is 33.7 Å². The molecule has 0 bridgehead atoms. The fraction of sp³-hybridized carbons (Fsp3) is 0.591. The molecule has 0 unspecified atom stereocenters. The van der Waals surface area contributed by atoms with Crippen LogP contribution in [-0.2, 0) is 20.9 Å². The van der Waals surface area contributed by atoms with Gasteiger partial charge in [-0.1, -0.05) is 61.9 Å². The van der Waals surface area contributed by atoms with Crippen LogP contribution in [0.5, 0.6) is 23.0 Å². The summed E-state index contributed by atoms with van der Waals surface area (Å²) in [5, 5.41) is 35.2. The van der Waals surface area contributed by atoms with Gasteiger partial charge in [-0.2, -0.15) is 0 Å². The maximum Gasteiger partial charge on any atom is 0.239 e. The summed E-state index contributed by atoms with van der Waals surface area (Å²) in [6.07, 6.45) is 15.0. The Balaban J connectivity index is 1.40. The Hall–Kier alpha value is -4.06. The number of carbonyl (C=O) groups is 1. The Morgan fingerprint density at radius 3 is 2.53 bits per heavy atom. The molecule has 2 aromatic rings. The van der Waals surface area contributed by atoms with Gasteiger partial charge in [-0.15, -0.1) is 6.58 Å². The van der Waals surface area contributed by atoms with Crippen LogP contribution in [0, 0.1) is 23.7 Å². The van der Waals surface area contributed by atoms with E-state index >= 15 is 0 Å². The summed E-state index contributed by atoms with van der Waals surface area (Å²) in [7, 11) is 1.55. The average molecular weight is 759 g/mol. The van der Waals surface area contributed by atoms with Gasteiger partial charge in [0, 0.05) is 44.1 Å². The predicted molar refractivity (Wildman–Crippen MR) is 208 cm³/mol. The quantitative estimate of drug-likeness (QED) is 0.0807. The number of carbonyl (C=O) groups excluding carboxylic acids is 1. The van der Waals surface area contributed by atoms with E-state index in [4.69, 9.17) is 23.8 Å². The number of ether oxygens (including phenoxy) is 4. The van der Waals surface area contributed by atoms with Gasteiger partial charge >= 0.3 is 0 Å². The SMILES string of the molecule is C=CCO[C@@]12Oc3ccc(O)cc3[C@H]3[C@H](CCCCO)[C@@H](CCCCO)C=C(C(=NOC)C[C@@H]1N(Cc1ccc4c(c1)OCO4)C(=O)CCC1CCCC1)[C@H]32. The Morgan fingerprint density at radius 2 is 1.76 bits per heavy atom. The highest BCUT2D eigenvalue weighted by atomic mass is 16.7. The maximum atomic E-state index is 14.9. The molecule has 2 saturated carbocycles. The smallest absolute Gasteiger partial charge is 0.239 e. The summed E-state index contributed by atoms with van der Waals surface area (Å²) in [6, 6.07) is 10.5. The molecule has 298 valence electrons. The highest BCUT2D eigenvalue weighted by Gasteiger charge is 2.65. The number of aliphatic hydroxyl groups is 2. The molecule has 2 aromatic carbocycles. The van der Waals surface area contributed by atoms with E-state index in [2.05, 4.69) is 17.8 Å². The molecule has 7 rings (SSSR count). The molecular weight excluding hydrogens is 700 g/mol. The third kappa shape index (κ3) is 8.11. The van der Waals surface area contributed by atoms with E-state index in [1.807, 2.05) is 35.2 Å². The number of hydrogen-bond donors (Lipinski definition) is 3. The van der Waals surface area contributed by atoms with Crippen LogP contribution in [0.15, 0.2) is 65.9 Å². The van der Waals surface area contributed by atoms with Crippen LogP contribution in [0.3, 0.4) is 0 Å². The molecule has 55 heavy (non-hydrogen) atoms. The molecule has 0 spiro atoms. The molecule has 2 aliphatic heterocycles. The van der Waals surface area contributed by atoms with Crippen molar-refractivity contribution in [2.24, 2.45) is 28.8 Å². The van der Waals surface area contributed by atoms with Crippen molar-refractivity contribution < 1.29 is 43.9 Å². The molecule has 2 fully saturated rings. The number of nitrogens with zero attached hydrogens (tertiary/aromatic N) is 2. The van der Waals surface area contributed by atoms with Gasteiger partial charge in [-0.05, 0) is 91.3 Å². The standard InChI is InChI=1S/C44H58N2O9/c1-3-22-54-44-40(46(41(50)19-15-29-10-4-5-11-29)27-30-14-17-38-39(23-30)53-28-52-38)26-36(45-51-2)34-24-31(12-6-8-20-47)33(13-7-9-21-48)42(43(34)44)35-25-32(49)16-18-37(35)55-44/h3,14,16-18,23-25,29,31,33,40,42-43,47-49H,1,4-13,15,19-22,26-28H2,2H3/t31-,33+,40-,42+,43+,44+/m0/s1. The zero-order chi connectivity index (χ0) is 38.4.